The third kappa shape index (κ3) is 2.05. The average Bonchev–Trinajstić information content (AvgIpc) is 2.83. The molecule has 4 atom stereocenters. The zero-order valence-electron chi connectivity index (χ0n) is 12.3. The fourth-order valence-electron chi connectivity index (χ4n) is 3.92. The SMILES string of the molecule is O=C1[C@H]2[C@H](C(=O)N1/N=C\c1ccc(O)c(O)c1)[C@@H]1C=C[C@@H]2CC1. The summed E-state index contributed by atoms with van der Waals surface area (Å²) < 4.78 is 0. The highest BCUT2D eigenvalue weighted by Gasteiger charge is 2.56. The molecule has 2 N–H and O–H groups in total. The molecule has 0 unspecified atom stereocenters. The molecule has 1 saturated heterocycles. The van der Waals surface area contributed by atoms with E-state index in [0.29, 0.717) is 5.56 Å². The molecule has 3 aliphatic carbocycles. The number of phenolic OH excluding ortho intramolecular Hbond substituents is 2. The van der Waals surface area contributed by atoms with Crippen molar-refractivity contribution in [3.63, 3.8) is 0 Å². The number of benzene rings is 1. The summed E-state index contributed by atoms with van der Waals surface area (Å²) in [4.78, 5) is 25.1. The van der Waals surface area contributed by atoms with E-state index in [4.69, 9.17) is 0 Å². The van der Waals surface area contributed by atoms with E-state index in [1.807, 2.05) is 0 Å². The van der Waals surface area contributed by atoms with Gasteiger partial charge in [0.25, 0.3) is 11.8 Å². The fourth-order valence-corrected chi connectivity index (χ4v) is 3.92. The van der Waals surface area contributed by atoms with Gasteiger partial charge in [0.15, 0.2) is 11.5 Å². The van der Waals surface area contributed by atoms with Gasteiger partial charge in [-0.3, -0.25) is 9.59 Å². The van der Waals surface area contributed by atoms with Crippen LogP contribution in [-0.4, -0.2) is 33.3 Å². The molecular weight excluding hydrogens is 296 g/mol. The van der Waals surface area contributed by atoms with Crippen molar-refractivity contribution >= 4 is 18.0 Å². The normalized spacial score (nSPS) is 32.1. The minimum atomic E-state index is -0.281. The van der Waals surface area contributed by atoms with Gasteiger partial charge in [0.1, 0.15) is 0 Å². The van der Waals surface area contributed by atoms with Gasteiger partial charge in [-0.1, -0.05) is 12.2 Å². The van der Waals surface area contributed by atoms with E-state index in [2.05, 4.69) is 17.3 Å². The van der Waals surface area contributed by atoms with E-state index in [0.717, 1.165) is 17.9 Å². The van der Waals surface area contributed by atoms with Gasteiger partial charge in [0.05, 0.1) is 18.1 Å². The van der Waals surface area contributed by atoms with Crippen LogP contribution in [-0.2, 0) is 9.59 Å². The van der Waals surface area contributed by atoms with E-state index in [1.54, 1.807) is 6.07 Å². The molecule has 0 radical (unpaired) electrons. The smallest absolute Gasteiger partial charge is 0.254 e. The van der Waals surface area contributed by atoms with Crippen LogP contribution in [0.15, 0.2) is 35.5 Å². The number of allylic oxidation sites excluding steroid dienone is 2. The van der Waals surface area contributed by atoms with Crippen LogP contribution < -0.4 is 0 Å². The van der Waals surface area contributed by atoms with Crippen LogP contribution in [0.5, 0.6) is 11.5 Å². The summed E-state index contributed by atoms with van der Waals surface area (Å²) in [6.45, 7) is 0. The summed E-state index contributed by atoms with van der Waals surface area (Å²) in [5.41, 5.74) is 0.497. The zero-order valence-corrected chi connectivity index (χ0v) is 12.3. The first kappa shape index (κ1) is 14.0. The number of fused-ring (bicyclic) bond motifs is 1. The third-order valence-electron chi connectivity index (χ3n) is 5.06. The first-order valence-electron chi connectivity index (χ1n) is 7.68. The van der Waals surface area contributed by atoms with Crippen LogP contribution in [0, 0.1) is 23.7 Å². The van der Waals surface area contributed by atoms with Crippen LogP contribution in [0.3, 0.4) is 0 Å². The number of rotatable bonds is 2. The molecule has 6 heteroatoms. The Kier molecular flexibility index (Phi) is 3.01. The van der Waals surface area contributed by atoms with Gasteiger partial charge in [0.2, 0.25) is 0 Å². The Morgan fingerprint density at radius 2 is 1.61 bits per heavy atom. The summed E-state index contributed by atoms with van der Waals surface area (Å²) in [5, 5.41) is 23.8. The number of hydrazone groups is 1. The number of imide groups is 1. The maximum Gasteiger partial charge on any atom is 0.254 e. The van der Waals surface area contributed by atoms with E-state index < -0.39 is 0 Å². The van der Waals surface area contributed by atoms with Crippen molar-refractivity contribution in [3.05, 3.63) is 35.9 Å². The number of aromatic hydroxyl groups is 2. The van der Waals surface area contributed by atoms with Gasteiger partial charge in [-0.15, -0.1) is 0 Å². The summed E-state index contributed by atoms with van der Waals surface area (Å²) in [6, 6.07) is 4.19. The van der Waals surface area contributed by atoms with Crippen molar-refractivity contribution in [3.8, 4) is 11.5 Å². The lowest BCUT2D eigenvalue weighted by molar-refractivity contribution is -0.140. The molecule has 0 spiro atoms. The Bertz CT molecular complexity index is 723. The topological polar surface area (TPSA) is 90.2 Å². The van der Waals surface area contributed by atoms with Crippen LogP contribution in [0.4, 0.5) is 0 Å². The van der Waals surface area contributed by atoms with Crippen LogP contribution in [0.1, 0.15) is 18.4 Å². The van der Waals surface area contributed by atoms with E-state index in [1.165, 1.54) is 18.3 Å². The Labute approximate surface area is 132 Å². The summed E-state index contributed by atoms with van der Waals surface area (Å²) in [6.07, 6.45) is 7.37. The van der Waals surface area contributed by atoms with Crippen molar-refractivity contribution in [2.24, 2.45) is 28.8 Å². The van der Waals surface area contributed by atoms with Gasteiger partial charge >= 0.3 is 0 Å². The number of nitrogens with zero attached hydrogens (tertiary/aromatic N) is 2. The second-order valence-corrected chi connectivity index (χ2v) is 6.32. The van der Waals surface area contributed by atoms with Crippen LogP contribution >= 0.6 is 0 Å². The predicted molar refractivity (Wildman–Crippen MR) is 81.6 cm³/mol. The van der Waals surface area contributed by atoms with Crippen molar-refractivity contribution in [2.75, 3.05) is 0 Å². The molecule has 2 amide bonds. The van der Waals surface area contributed by atoms with Crippen molar-refractivity contribution < 1.29 is 19.8 Å². The van der Waals surface area contributed by atoms with Gasteiger partial charge in [-0.2, -0.15) is 10.1 Å². The Balaban J connectivity index is 1.60. The second kappa shape index (κ2) is 4.94. The number of phenols is 2. The molecule has 0 aromatic heterocycles. The van der Waals surface area contributed by atoms with Gasteiger partial charge in [-0.25, -0.2) is 0 Å². The van der Waals surface area contributed by atoms with Crippen LogP contribution in [0.2, 0.25) is 0 Å². The number of hydrogen-bond acceptors (Lipinski definition) is 5. The van der Waals surface area contributed by atoms with Gasteiger partial charge in [-0.05, 0) is 48.4 Å². The minimum Gasteiger partial charge on any atom is -0.504 e. The first-order valence-corrected chi connectivity index (χ1v) is 7.68. The maximum absolute atomic E-state index is 12.6. The second-order valence-electron chi connectivity index (χ2n) is 6.32. The number of amides is 2. The maximum atomic E-state index is 12.6. The van der Waals surface area contributed by atoms with Crippen molar-refractivity contribution in [2.45, 2.75) is 12.8 Å². The van der Waals surface area contributed by atoms with E-state index in [-0.39, 0.29) is 47.0 Å². The molecule has 1 heterocycles. The van der Waals surface area contributed by atoms with E-state index in [9.17, 15) is 19.8 Å². The molecule has 5 rings (SSSR count). The standard InChI is InChI=1S/C17H16N2O4/c20-12-6-1-9(7-13(12)21)8-18-19-16(22)14-10-2-3-11(5-4-10)15(14)17(19)23/h1-3,6-8,10-11,14-15,20-21H,4-5H2/b18-8-/t10-,11-,14-,15-/m1/s1. The Hall–Kier alpha value is -2.63. The van der Waals surface area contributed by atoms with E-state index >= 15 is 0 Å². The lowest BCUT2D eigenvalue weighted by Crippen LogP contribution is -2.38. The van der Waals surface area contributed by atoms with Crippen molar-refractivity contribution in [1.29, 1.82) is 0 Å². The highest BCUT2D eigenvalue weighted by molar-refractivity contribution is 6.06. The predicted octanol–water partition coefficient (Wildman–Crippen LogP) is 1.63. The van der Waals surface area contributed by atoms with Gasteiger partial charge in [0, 0.05) is 0 Å². The molecule has 2 bridgehead atoms. The Morgan fingerprint density at radius 1 is 1.00 bits per heavy atom. The molecule has 2 fully saturated rings. The molecular formula is C17H16N2O4. The zero-order chi connectivity index (χ0) is 16.1. The fraction of sp³-hybridized carbons (Fsp3) is 0.353. The lowest BCUT2D eigenvalue weighted by Gasteiger charge is -2.37. The Morgan fingerprint density at radius 3 is 2.13 bits per heavy atom. The molecule has 1 saturated carbocycles. The molecule has 23 heavy (non-hydrogen) atoms. The van der Waals surface area contributed by atoms with Crippen molar-refractivity contribution in [1.82, 2.24) is 5.01 Å². The summed E-state index contributed by atoms with van der Waals surface area (Å²) in [5.74, 6) is -1.27. The molecule has 1 aromatic rings. The number of carbonyl (C=O) groups excluding carboxylic acids is 2. The highest BCUT2D eigenvalue weighted by atomic mass is 16.3. The first-order chi connectivity index (χ1) is 11.1. The molecule has 118 valence electrons. The molecule has 1 aromatic carbocycles. The highest BCUT2D eigenvalue weighted by Crippen LogP contribution is 2.49. The minimum absolute atomic E-state index is 0.138. The average molecular weight is 312 g/mol. The summed E-state index contributed by atoms with van der Waals surface area (Å²) >= 11 is 0. The van der Waals surface area contributed by atoms with Gasteiger partial charge < -0.3 is 10.2 Å². The molecule has 4 aliphatic rings. The number of hydrogen-bond donors (Lipinski definition) is 2. The molecule has 1 aliphatic heterocycles. The quantitative estimate of drug-likeness (QED) is 0.376. The lowest BCUT2D eigenvalue weighted by atomic mass is 9.63. The number of carbonyl (C=O) groups is 2. The monoisotopic (exact) mass is 312 g/mol. The third-order valence-corrected chi connectivity index (χ3v) is 5.06. The molecule has 6 nitrogen and oxygen atoms in total. The van der Waals surface area contributed by atoms with Crippen LogP contribution in [0.25, 0.3) is 0 Å². The summed E-state index contributed by atoms with van der Waals surface area (Å²) in [7, 11) is 0. The largest absolute Gasteiger partial charge is 0.504 e.